The Bertz CT molecular complexity index is 522. The van der Waals surface area contributed by atoms with Crippen LogP contribution in [-0.2, 0) is 4.74 Å². The summed E-state index contributed by atoms with van der Waals surface area (Å²) in [5.74, 6) is 0.343. The smallest absolute Gasteiger partial charge is 0.0859 e. The van der Waals surface area contributed by atoms with Crippen molar-refractivity contribution in [3.63, 3.8) is 0 Å². The van der Waals surface area contributed by atoms with E-state index in [-0.39, 0.29) is 35.1 Å². The third-order valence-corrected chi connectivity index (χ3v) is 7.88. The summed E-state index contributed by atoms with van der Waals surface area (Å²) in [6.07, 6.45) is 4.42. The van der Waals surface area contributed by atoms with Crippen molar-refractivity contribution in [3.8, 4) is 0 Å². The van der Waals surface area contributed by atoms with Crippen molar-refractivity contribution < 1.29 is 20.1 Å². The number of hydrogen-bond acceptors (Lipinski definition) is 4. The lowest BCUT2D eigenvalue weighted by Gasteiger charge is -2.67. The first kappa shape index (κ1) is 18.4. The van der Waals surface area contributed by atoms with E-state index < -0.39 is 17.6 Å². The highest BCUT2D eigenvalue weighted by Crippen LogP contribution is 2.65. The van der Waals surface area contributed by atoms with Gasteiger partial charge in [-0.05, 0) is 63.2 Å². The SMILES string of the molecule is C=C[C@@]1(C)CC[C@@H]2[C@@]3(C)[C@H](O)[C@@H](O)C[C@@](C)(CO)[C@@H]3CC[C@@]2(C)O1. The molecule has 8 atom stereocenters. The second-order valence-electron chi connectivity index (χ2n) is 9.51. The van der Waals surface area contributed by atoms with Crippen LogP contribution in [0.1, 0.15) is 59.8 Å². The number of fused-ring (bicyclic) bond motifs is 3. The highest BCUT2D eigenvalue weighted by Gasteiger charge is 2.66. The molecular weight excluding hydrogens is 304 g/mol. The molecule has 1 heterocycles. The lowest BCUT2D eigenvalue weighted by molar-refractivity contribution is -0.291. The predicted molar refractivity (Wildman–Crippen MR) is 93.5 cm³/mol. The van der Waals surface area contributed by atoms with Crippen LogP contribution >= 0.6 is 0 Å². The fraction of sp³-hybridized carbons (Fsp3) is 0.900. The number of ether oxygens (including phenoxy) is 1. The standard InChI is InChI=1S/C20H34O4/c1-6-18(3)9-7-15-19(4,24-18)10-8-14-17(2,12-21)11-13(22)16(23)20(14,15)5/h6,13-16,21-23H,1,7-12H2,2-5H3/t13-,14-,15-,16+,17-,18-,19+,20-/m0/s1. The van der Waals surface area contributed by atoms with Gasteiger partial charge in [-0.2, -0.15) is 0 Å². The van der Waals surface area contributed by atoms with E-state index in [9.17, 15) is 15.3 Å². The summed E-state index contributed by atoms with van der Waals surface area (Å²) in [5.41, 5.74) is -1.47. The minimum Gasteiger partial charge on any atom is -0.396 e. The van der Waals surface area contributed by atoms with Crippen LogP contribution in [0.5, 0.6) is 0 Å². The van der Waals surface area contributed by atoms with Gasteiger partial charge in [0, 0.05) is 12.0 Å². The first-order chi connectivity index (χ1) is 11.0. The zero-order chi connectivity index (χ0) is 18.0. The van der Waals surface area contributed by atoms with Gasteiger partial charge in [0.1, 0.15) is 0 Å². The van der Waals surface area contributed by atoms with Gasteiger partial charge in [-0.15, -0.1) is 6.58 Å². The molecule has 138 valence electrons. The second kappa shape index (κ2) is 5.54. The molecule has 3 aliphatic rings. The van der Waals surface area contributed by atoms with Gasteiger partial charge in [0.25, 0.3) is 0 Å². The first-order valence-corrected chi connectivity index (χ1v) is 9.35. The Hall–Kier alpha value is -0.420. The van der Waals surface area contributed by atoms with Crippen LogP contribution in [0.15, 0.2) is 12.7 Å². The van der Waals surface area contributed by atoms with Crippen LogP contribution in [0, 0.1) is 22.7 Å². The Balaban J connectivity index is 2.03. The van der Waals surface area contributed by atoms with Crippen LogP contribution in [0.2, 0.25) is 0 Å². The molecule has 0 amide bonds. The van der Waals surface area contributed by atoms with Crippen LogP contribution < -0.4 is 0 Å². The lowest BCUT2D eigenvalue weighted by Crippen LogP contribution is -2.69. The molecule has 1 aliphatic heterocycles. The number of aliphatic hydroxyl groups is 3. The highest BCUT2D eigenvalue weighted by molar-refractivity contribution is 5.16. The Kier molecular flexibility index (Phi) is 4.24. The van der Waals surface area contributed by atoms with E-state index in [0.717, 1.165) is 25.7 Å². The Morgan fingerprint density at radius 1 is 1.08 bits per heavy atom. The van der Waals surface area contributed by atoms with Gasteiger partial charge in [-0.3, -0.25) is 0 Å². The van der Waals surface area contributed by atoms with Crippen molar-refractivity contribution in [2.24, 2.45) is 22.7 Å². The van der Waals surface area contributed by atoms with Crippen molar-refractivity contribution in [2.45, 2.75) is 83.2 Å². The molecular formula is C20H34O4. The molecule has 4 nitrogen and oxygen atoms in total. The minimum absolute atomic E-state index is 0.0473. The average molecular weight is 338 g/mol. The Morgan fingerprint density at radius 2 is 1.71 bits per heavy atom. The summed E-state index contributed by atoms with van der Waals surface area (Å²) in [5, 5.41) is 31.6. The van der Waals surface area contributed by atoms with Crippen molar-refractivity contribution in [1.82, 2.24) is 0 Å². The van der Waals surface area contributed by atoms with E-state index in [1.165, 1.54) is 0 Å². The zero-order valence-corrected chi connectivity index (χ0v) is 15.6. The molecule has 0 aromatic rings. The zero-order valence-electron chi connectivity index (χ0n) is 15.6. The molecule has 2 saturated carbocycles. The van der Waals surface area contributed by atoms with Crippen LogP contribution in [0.4, 0.5) is 0 Å². The largest absolute Gasteiger partial charge is 0.396 e. The maximum absolute atomic E-state index is 11.0. The Morgan fingerprint density at radius 3 is 2.29 bits per heavy atom. The molecule has 3 fully saturated rings. The van der Waals surface area contributed by atoms with Crippen molar-refractivity contribution >= 4 is 0 Å². The highest BCUT2D eigenvalue weighted by atomic mass is 16.5. The number of hydrogen-bond donors (Lipinski definition) is 3. The van der Waals surface area contributed by atoms with E-state index in [2.05, 4.69) is 34.3 Å². The van der Waals surface area contributed by atoms with Gasteiger partial charge in [0.05, 0.1) is 23.4 Å². The maximum atomic E-state index is 11.0. The lowest BCUT2D eigenvalue weighted by atomic mass is 9.42. The van der Waals surface area contributed by atoms with Gasteiger partial charge in [0.2, 0.25) is 0 Å². The molecule has 0 aromatic carbocycles. The van der Waals surface area contributed by atoms with E-state index >= 15 is 0 Å². The van der Waals surface area contributed by atoms with Gasteiger partial charge >= 0.3 is 0 Å². The molecule has 0 spiro atoms. The van der Waals surface area contributed by atoms with Crippen molar-refractivity contribution in [1.29, 1.82) is 0 Å². The molecule has 2 aliphatic carbocycles. The predicted octanol–water partition coefficient (Wildman–Crippen LogP) is 2.66. The quantitative estimate of drug-likeness (QED) is 0.677. The van der Waals surface area contributed by atoms with E-state index in [0.29, 0.717) is 6.42 Å². The van der Waals surface area contributed by atoms with Gasteiger partial charge in [-0.1, -0.05) is 19.9 Å². The van der Waals surface area contributed by atoms with Gasteiger partial charge < -0.3 is 20.1 Å². The fourth-order valence-corrected chi connectivity index (χ4v) is 6.55. The van der Waals surface area contributed by atoms with Crippen molar-refractivity contribution in [2.75, 3.05) is 6.61 Å². The summed E-state index contributed by atoms with van der Waals surface area (Å²) in [6.45, 7) is 12.4. The first-order valence-electron chi connectivity index (χ1n) is 9.35. The molecule has 1 saturated heterocycles. The van der Waals surface area contributed by atoms with Crippen molar-refractivity contribution in [3.05, 3.63) is 12.7 Å². The molecule has 0 unspecified atom stereocenters. The summed E-state index contributed by atoms with van der Waals surface area (Å²) < 4.78 is 6.54. The third-order valence-electron chi connectivity index (χ3n) is 7.88. The molecule has 0 bridgehead atoms. The molecule has 0 aromatic heterocycles. The summed E-state index contributed by atoms with van der Waals surface area (Å²) in [7, 11) is 0. The monoisotopic (exact) mass is 338 g/mol. The average Bonchev–Trinajstić information content (AvgIpc) is 2.52. The topological polar surface area (TPSA) is 69.9 Å². The van der Waals surface area contributed by atoms with Crippen LogP contribution in [-0.4, -0.2) is 45.3 Å². The number of aliphatic hydroxyl groups excluding tert-OH is 3. The molecule has 3 rings (SSSR count). The van der Waals surface area contributed by atoms with Crippen LogP contribution in [0.25, 0.3) is 0 Å². The fourth-order valence-electron chi connectivity index (χ4n) is 6.55. The minimum atomic E-state index is -0.793. The van der Waals surface area contributed by atoms with Gasteiger partial charge in [0.15, 0.2) is 0 Å². The molecule has 24 heavy (non-hydrogen) atoms. The number of rotatable bonds is 2. The van der Waals surface area contributed by atoms with Crippen LogP contribution in [0.3, 0.4) is 0 Å². The molecule has 0 radical (unpaired) electrons. The third kappa shape index (κ3) is 2.33. The van der Waals surface area contributed by atoms with E-state index in [4.69, 9.17) is 4.74 Å². The normalized spacial score (nSPS) is 57.8. The van der Waals surface area contributed by atoms with Gasteiger partial charge in [-0.25, -0.2) is 0 Å². The Labute approximate surface area is 145 Å². The van der Waals surface area contributed by atoms with E-state index in [1.54, 1.807) is 0 Å². The summed E-state index contributed by atoms with van der Waals surface area (Å²) in [4.78, 5) is 0. The molecule has 4 heteroatoms. The summed E-state index contributed by atoms with van der Waals surface area (Å²) >= 11 is 0. The maximum Gasteiger partial charge on any atom is 0.0859 e. The summed E-state index contributed by atoms with van der Waals surface area (Å²) in [6, 6.07) is 0. The second-order valence-corrected chi connectivity index (χ2v) is 9.51. The molecule has 3 N–H and O–H groups in total. The van der Waals surface area contributed by atoms with E-state index in [1.807, 2.05) is 6.08 Å².